The summed E-state index contributed by atoms with van der Waals surface area (Å²) in [4.78, 5) is 16.8. The molecule has 0 bridgehead atoms. The summed E-state index contributed by atoms with van der Waals surface area (Å²) in [5.74, 6) is 0.334. The van der Waals surface area contributed by atoms with Gasteiger partial charge in [-0.2, -0.15) is 5.10 Å². The molecule has 124 valence electrons. The summed E-state index contributed by atoms with van der Waals surface area (Å²) in [6, 6.07) is 0.714. The molecular formula is C17H24N4OS. The average Bonchev–Trinajstić information content (AvgIpc) is 3.17. The molecular weight excluding hydrogens is 308 g/mol. The Labute approximate surface area is 141 Å². The van der Waals surface area contributed by atoms with Gasteiger partial charge in [-0.3, -0.25) is 9.48 Å². The Hall–Kier alpha value is -1.69. The zero-order chi connectivity index (χ0) is 16.4. The van der Waals surface area contributed by atoms with Crippen molar-refractivity contribution in [2.75, 3.05) is 0 Å². The molecule has 3 rings (SSSR count). The molecule has 0 atom stereocenters. The minimum absolute atomic E-state index is 0.0275. The van der Waals surface area contributed by atoms with Crippen molar-refractivity contribution in [2.45, 2.75) is 64.5 Å². The number of aromatic nitrogens is 3. The van der Waals surface area contributed by atoms with Gasteiger partial charge in [0.25, 0.3) is 5.91 Å². The smallest absolute Gasteiger partial charge is 0.280 e. The van der Waals surface area contributed by atoms with E-state index in [1.165, 1.54) is 16.9 Å². The molecule has 5 nitrogen and oxygen atoms in total. The first-order valence-corrected chi connectivity index (χ1v) is 9.18. The van der Waals surface area contributed by atoms with Crippen LogP contribution < -0.4 is 5.32 Å². The monoisotopic (exact) mass is 332 g/mol. The third-order valence-corrected chi connectivity index (χ3v) is 5.30. The fourth-order valence-electron chi connectivity index (χ4n) is 3.02. The van der Waals surface area contributed by atoms with E-state index in [0.717, 1.165) is 31.4 Å². The van der Waals surface area contributed by atoms with Crippen LogP contribution in [-0.2, 0) is 0 Å². The van der Waals surface area contributed by atoms with Crippen molar-refractivity contribution in [3.05, 3.63) is 34.0 Å². The number of nitrogens with zero attached hydrogens (tertiary/aromatic N) is 3. The third kappa shape index (κ3) is 3.80. The Morgan fingerprint density at radius 2 is 2.09 bits per heavy atom. The predicted octanol–water partition coefficient (Wildman–Crippen LogP) is 3.69. The highest BCUT2D eigenvalue weighted by Crippen LogP contribution is 2.28. The van der Waals surface area contributed by atoms with E-state index in [2.05, 4.69) is 47.0 Å². The Bertz CT molecular complexity index is 668. The molecule has 0 aromatic carbocycles. The largest absolute Gasteiger partial charge is 0.347 e. The third-order valence-electron chi connectivity index (χ3n) is 4.44. The molecule has 0 aliphatic heterocycles. The second-order valence-corrected chi connectivity index (χ2v) is 7.57. The van der Waals surface area contributed by atoms with E-state index < -0.39 is 0 Å². The van der Waals surface area contributed by atoms with Gasteiger partial charge in [-0.1, -0.05) is 13.8 Å². The lowest BCUT2D eigenvalue weighted by molar-refractivity contribution is 0.0921. The number of nitrogens with one attached hydrogen (secondary N) is 1. The SMILES string of the molecule is Cc1cnn(C2CCC(NC(=O)c3nc(C(C)C)cs3)CC2)c1. The van der Waals surface area contributed by atoms with E-state index in [0.29, 0.717) is 17.0 Å². The molecule has 1 N–H and O–H groups in total. The van der Waals surface area contributed by atoms with Gasteiger partial charge in [0.1, 0.15) is 0 Å². The van der Waals surface area contributed by atoms with Crippen LogP contribution in [0.25, 0.3) is 0 Å². The summed E-state index contributed by atoms with van der Waals surface area (Å²) in [7, 11) is 0. The Balaban J connectivity index is 1.52. The van der Waals surface area contributed by atoms with Crippen molar-refractivity contribution in [1.29, 1.82) is 0 Å². The molecule has 2 aromatic heterocycles. The minimum atomic E-state index is -0.0275. The number of rotatable bonds is 4. The van der Waals surface area contributed by atoms with Gasteiger partial charge in [-0.05, 0) is 44.1 Å². The van der Waals surface area contributed by atoms with Gasteiger partial charge in [0.05, 0.1) is 17.9 Å². The Kier molecular flexibility index (Phi) is 4.80. The van der Waals surface area contributed by atoms with Crippen LogP contribution in [0.1, 0.15) is 72.6 Å². The number of hydrogen-bond acceptors (Lipinski definition) is 4. The van der Waals surface area contributed by atoms with E-state index in [-0.39, 0.29) is 11.9 Å². The van der Waals surface area contributed by atoms with E-state index in [1.807, 2.05) is 11.6 Å². The summed E-state index contributed by atoms with van der Waals surface area (Å²) >= 11 is 1.44. The topological polar surface area (TPSA) is 59.8 Å². The van der Waals surface area contributed by atoms with Crippen molar-refractivity contribution in [1.82, 2.24) is 20.1 Å². The number of carbonyl (C=O) groups is 1. The highest BCUT2D eigenvalue weighted by molar-refractivity contribution is 7.11. The molecule has 1 amide bonds. The van der Waals surface area contributed by atoms with Gasteiger partial charge in [0, 0.05) is 17.6 Å². The first-order chi connectivity index (χ1) is 11.0. The summed E-state index contributed by atoms with van der Waals surface area (Å²) < 4.78 is 2.07. The molecule has 1 aliphatic rings. The maximum Gasteiger partial charge on any atom is 0.280 e. The summed E-state index contributed by atoms with van der Waals surface area (Å²) in [6.45, 7) is 6.25. The Morgan fingerprint density at radius 3 is 2.65 bits per heavy atom. The van der Waals surface area contributed by atoms with E-state index in [1.54, 1.807) is 0 Å². The maximum atomic E-state index is 12.3. The van der Waals surface area contributed by atoms with Crippen LogP contribution >= 0.6 is 11.3 Å². The van der Waals surface area contributed by atoms with Crippen molar-refractivity contribution in [3.63, 3.8) is 0 Å². The molecule has 1 aliphatic carbocycles. The van der Waals surface area contributed by atoms with E-state index >= 15 is 0 Å². The zero-order valence-corrected chi connectivity index (χ0v) is 14.8. The molecule has 0 spiro atoms. The van der Waals surface area contributed by atoms with Crippen LogP contribution in [0, 0.1) is 6.92 Å². The van der Waals surface area contributed by atoms with E-state index in [4.69, 9.17) is 0 Å². The number of aryl methyl sites for hydroxylation is 1. The molecule has 2 aromatic rings. The second kappa shape index (κ2) is 6.83. The van der Waals surface area contributed by atoms with Crippen LogP contribution in [0.3, 0.4) is 0 Å². The highest BCUT2D eigenvalue weighted by atomic mass is 32.1. The molecule has 1 saturated carbocycles. The fraction of sp³-hybridized carbons (Fsp3) is 0.588. The number of amides is 1. The molecule has 0 radical (unpaired) electrons. The van der Waals surface area contributed by atoms with E-state index in [9.17, 15) is 4.79 Å². The first-order valence-electron chi connectivity index (χ1n) is 8.30. The summed E-state index contributed by atoms with van der Waals surface area (Å²) in [6.07, 6.45) is 8.12. The number of thiazole rings is 1. The van der Waals surface area contributed by atoms with Crippen LogP contribution in [0.5, 0.6) is 0 Å². The van der Waals surface area contributed by atoms with Gasteiger partial charge >= 0.3 is 0 Å². The van der Waals surface area contributed by atoms with Crippen LogP contribution in [0.15, 0.2) is 17.8 Å². The zero-order valence-electron chi connectivity index (χ0n) is 14.0. The van der Waals surface area contributed by atoms with Gasteiger partial charge in [0.2, 0.25) is 0 Å². The molecule has 1 fully saturated rings. The first kappa shape index (κ1) is 16.2. The van der Waals surface area contributed by atoms with Gasteiger partial charge in [-0.15, -0.1) is 11.3 Å². The van der Waals surface area contributed by atoms with Gasteiger partial charge in [-0.25, -0.2) is 4.98 Å². The van der Waals surface area contributed by atoms with Crippen molar-refractivity contribution < 1.29 is 4.79 Å². The summed E-state index contributed by atoms with van der Waals surface area (Å²) in [5.41, 5.74) is 2.20. The quantitative estimate of drug-likeness (QED) is 0.929. The summed E-state index contributed by atoms with van der Waals surface area (Å²) in [5, 5.41) is 10.1. The fourth-order valence-corrected chi connectivity index (χ4v) is 3.90. The number of carbonyl (C=O) groups excluding carboxylic acids is 1. The minimum Gasteiger partial charge on any atom is -0.347 e. The highest BCUT2D eigenvalue weighted by Gasteiger charge is 2.25. The maximum absolute atomic E-state index is 12.3. The van der Waals surface area contributed by atoms with Crippen LogP contribution in [0.2, 0.25) is 0 Å². The molecule has 0 saturated heterocycles. The lowest BCUT2D eigenvalue weighted by Gasteiger charge is -2.29. The van der Waals surface area contributed by atoms with Crippen molar-refractivity contribution >= 4 is 17.2 Å². The van der Waals surface area contributed by atoms with Crippen LogP contribution in [-0.4, -0.2) is 26.7 Å². The number of hydrogen-bond donors (Lipinski definition) is 1. The lowest BCUT2D eigenvalue weighted by atomic mass is 9.91. The van der Waals surface area contributed by atoms with Crippen molar-refractivity contribution in [3.8, 4) is 0 Å². The standard InChI is InChI=1S/C17H24N4OS/c1-11(2)15-10-23-17(20-15)16(22)19-13-4-6-14(7-5-13)21-9-12(3)8-18-21/h8-11,13-14H,4-7H2,1-3H3,(H,19,22). The normalized spacial score (nSPS) is 21.6. The second-order valence-electron chi connectivity index (χ2n) is 6.71. The van der Waals surface area contributed by atoms with Crippen molar-refractivity contribution in [2.24, 2.45) is 0 Å². The molecule has 0 unspecified atom stereocenters. The molecule has 23 heavy (non-hydrogen) atoms. The van der Waals surface area contributed by atoms with Gasteiger partial charge < -0.3 is 5.32 Å². The molecule has 2 heterocycles. The Morgan fingerprint density at radius 1 is 1.35 bits per heavy atom. The average molecular weight is 332 g/mol. The lowest BCUT2D eigenvalue weighted by Crippen LogP contribution is -2.38. The molecule has 6 heteroatoms. The van der Waals surface area contributed by atoms with Gasteiger partial charge in [0.15, 0.2) is 5.01 Å². The van der Waals surface area contributed by atoms with Crippen LogP contribution in [0.4, 0.5) is 0 Å². The predicted molar refractivity (Wildman–Crippen MR) is 91.9 cm³/mol.